The third-order valence-corrected chi connectivity index (χ3v) is 2.58. The van der Waals surface area contributed by atoms with Crippen LogP contribution in [0.1, 0.15) is 13.3 Å². The Balaban J connectivity index is 2.34. The van der Waals surface area contributed by atoms with Crippen molar-refractivity contribution in [3.63, 3.8) is 0 Å². The lowest BCUT2D eigenvalue weighted by atomic mass is 9.88. The molecule has 82 valence electrons. The highest BCUT2D eigenvalue weighted by Gasteiger charge is 2.38. The molecule has 0 aromatic carbocycles. The van der Waals surface area contributed by atoms with Crippen molar-refractivity contribution in [2.24, 2.45) is 0 Å². The molecule has 0 spiro atoms. The molecule has 5 heteroatoms. The monoisotopic (exact) mass is 202 g/mol. The van der Waals surface area contributed by atoms with Crippen LogP contribution in [0.5, 0.6) is 0 Å². The van der Waals surface area contributed by atoms with E-state index in [-0.39, 0.29) is 18.1 Å². The molecule has 1 atom stereocenters. The fraction of sp³-hybridized carbons (Fsp3) is 0.889. The molecule has 5 nitrogen and oxygen atoms in total. The number of aliphatic carboxylic acids is 1. The average molecular weight is 202 g/mol. The van der Waals surface area contributed by atoms with Crippen molar-refractivity contribution >= 4 is 5.97 Å². The Morgan fingerprint density at radius 1 is 1.71 bits per heavy atom. The fourth-order valence-corrected chi connectivity index (χ4v) is 1.47. The van der Waals surface area contributed by atoms with E-state index >= 15 is 0 Å². The molecular formula is C9H18N2O3. The second-order valence-corrected chi connectivity index (χ2v) is 3.88. The van der Waals surface area contributed by atoms with Gasteiger partial charge in [-0.25, -0.2) is 0 Å². The Morgan fingerprint density at radius 2 is 2.36 bits per heavy atom. The van der Waals surface area contributed by atoms with Crippen molar-refractivity contribution in [3.05, 3.63) is 0 Å². The first-order valence-electron chi connectivity index (χ1n) is 4.78. The zero-order valence-electron chi connectivity index (χ0n) is 8.67. The van der Waals surface area contributed by atoms with Crippen LogP contribution >= 0.6 is 0 Å². The van der Waals surface area contributed by atoms with Crippen LogP contribution in [0.2, 0.25) is 0 Å². The lowest BCUT2D eigenvalue weighted by Crippen LogP contribution is -2.69. The molecule has 0 aliphatic carbocycles. The van der Waals surface area contributed by atoms with Crippen LogP contribution in [0, 0.1) is 0 Å². The van der Waals surface area contributed by atoms with Crippen LogP contribution in [-0.2, 0) is 9.53 Å². The summed E-state index contributed by atoms with van der Waals surface area (Å²) in [5.74, 6) is -0.760. The zero-order valence-corrected chi connectivity index (χ0v) is 8.67. The predicted molar refractivity (Wildman–Crippen MR) is 52.3 cm³/mol. The first kappa shape index (κ1) is 11.4. The molecule has 1 heterocycles. The van der Waals surface area contributed by atoms with Crippen LogP contribution in [0.3, 0.4) is 0 Å². The molecule has 0 bridgehead atoms. The van der Waals surface area contributed by atoms with Gasteiger partial charge in [0.05, 0.1) is 18.1 Å². The minimum atomic E-state index is -0.760. The highest BCUT2D eigenvalue weighted by atomic mass is 16.5. The van der Waals surface area contributed by atoms with E-state index in [1.165, 1.54) is 0 Å². The summed E-state index contributed by atoms with van der Waals surface area (Å²) in [7, 11) is 1.65. The summed E-state index contributed by atoms with van der Waals surface area (Å²) in [6.07, 6.45) is 0.275. The van der Waals surface area contributed by atoms with Gasteiger partial charge in [0.15, 0.2) is 0 Å². The van der Waals surface area contributed by atoms with Crippen LogP contribution < -0.4 is 10.6 Å². The van der Waals surface area contributed by atoms with E-state index in [0.29, 0.717) is 6.54 Å². The van der Waals surface area contributed by atoms with Crippen molar-refractivity contribution in [2.75, 3.05) is 26.7 Å². The van der Waals surface area contributed by atoms with E-state index in [1.54, 1.807) is 7.11 Å². The lowest BCUT2D eigenvalue weighted by molar-refractivity contribution is -0.139. The summed E-state index contributed by atoms with van der Waals surface area (Å²) in [4.78, 5) is 10.6. The molecule has 0 saturated carbocycles. The molecule has 1 rings (SSSR count). The number of nitrogens with one attached hydrogen (secondary N) is 2. The average Bonchev–Trinajstić information content (AvgIpc) is 2.08. The van der Waals surface area contributed by atoms with Gasteiger partial charge in [-0.2, -0.15) is 0 Å². The van der Waals surface area contributed by atoms with Gasteiger partial charge in [0, 0.05) is 26.7 Å². The summed E-state index contributed by atoms with van der Waals surface area (Å²) in [5, 5.41) is 15.1. The zero-order chi connectivity index (χ0) is 10.6. The topological polar surface area (TPSA) is 70.6 Å². The number of carboxylic acid groups (broad SMARTS) is 1. The Kier molecular flexibility index (Phi) is 3.86. The number of carboxylic acids is 1. The van der Waals surface area contributed by atoms with Gasteiger partial charge in [-0.05, 0) is 6.92 Å². The number of carbonyl (C=O) groups is 1. The molecule has 14 heavy (non-hydrogen) atoms. The molecule has 0 radical (unpaired) electrons. The number of hydrogen-bond acceptors (Lipinski definition) is 4. The third-order valence-electron chi connectivity index (χ3n) is 2.58. The molecule has 1 saturated heterocycles. The number of hydrogen-bond donors (Lipinski definition) is 3. The quantitative estimate of drug-likeness (QED) is 0.538. The highest BCUT2D eigenvalue weighted by molar-refractivity contribution is 5.68. The van der Waals surface area contributed by atoms with E-state index in [2.05, 4.69) is 10.6 Å². The minimum Gasteiger partial charge on any atom is -0.481 e. The van der Waals surface area contributed by atoms with E-state index in [1.807, 2.05) is 6.92 Å². The van der Waals surface area contributed by atoms with Gasteiger partial charge in [-0.1, -0.05) is 0 Å². The second-order valence-electron chi connectivity index (χ2n) is 3.88. The van der Waals surface area contributed by atoms with Crippen molar-refractivity contribution in [2.45, 2.75) is 25.0 Å². The van der Waals surface area contributed by atoms with Crippen molar-refractivity contribution in [1.29, 1.82) is 0 Å². The first-order chi connectivity index (χ1) is 6.58. The second kappa shape index (κ2) is 4.72. The smallest absolute Gasteiger partial charge is 0.305 e. The maximum atomic E-state index is 10.6. The van der Waals surface area contributed by atoms with Gasteiger partial charge in [0.25, 0.3) is 0 Å². The molecule has 1 aliphatic rings. The van der Waals surface area contributed by atoms with E-state index in [9.17, 15) is 4.79 Å². The number of rotatable bonds is 6. The summed E-state index contributed by atoms with van der Waals surface area (Å²) in [5.41, 5.74) is -0.265. The molecular weight excluding hydrogens is 184 g/mol. The Hall–Kier alpha value is -0.650. The maximum absolute atomic E-state index is 10.6. The molecule has 1 aliphatic heterocycles. The normalized spacial score (nSPS) is 21.3. The Bertz CT molecular complexity index is 204. The van der Waals surface area contributed by atoms with E-state index in [4.69, 9.17) is 9.84 Å². The van der Waals surface area contributed by atoms with Crippen LogP contribution in [-0.4, -0.2) is 49.5 Å². The van der Waals surface area contributed by atoms with E-state index < -0.39 is 5.97 Å². The van der Waals surface area contributed by atoms with Crippen molar-refractivity contribution < 1.29 is 14.6 Å². The van der Waals surface area contributed by atoms with Crippen molar-refractivity contribution in [1.82, 2.24) is 10.6 Å². The van der Waals surface area contributed by atoms with Gasteiger partial charge < -0.3 is 20.5 Å². The van der Waals surface area contributed by atoms with Crippen LogP contribution in [0.15, 0.2) is 0 Å². The molecule has 0 aromatic rings. The molecule has 0 amide bonds. The number of ether oxygens (including phenoxy) is 1. The SMILES string of the molecule is COC(C)CNC1(CC(=O)O)CNC1. The van der Waals surface area contributed by atoms with Crippen LogP contribution in [0.4, 0.5) is 0 Å². The predicted octanol–water partition coefficient (Wildman–Crippen LogP) is -0.572. The molecule has 0 aromatic heterocycles. The Morgan fingerprint density at radius 3 is 2.71 bits per heavy atom. The fourth-order valence-electron chi connectivity index (χ4n) is 1.47. The van der Waals surface area contributed by atoms with Gasteiger partial charge in [0.2, 0.25) is 0 Å². The van der Waals surface area contributed by atoms with Gasteiger partial charge >= 0.3 is 5.97 Å². The lowest BCUT2D eigenvalue weighted by Gasteiger charge is -2.43. The molecule has 1 unspecified atom stereocenters. The maximum Gasteiger partial charge on any atom is 0.305 e. The van der Waals surface area contributed by atoms with E-state index in [0.717, 1.165) is 13.1 Å². The summed E-state index contributed by atoms with van der Waals surface area (Å²) >= 11 is 0. The largest absolute Gasteiger partial charge is 0.481 e. The third kappa shape index (κ3) is 2.94. The van der Waals surface area contributed by atoms with Gasteiger partial charge in [-0.15, -0.1) is 0 Å². The van der Waals surface area contributed by atoms with Gasteiger partial charge in [0.1, 0.15) is 0 Å². The minimum absolute atomic E-state index is 0.112. The number of methoxy groups -OCH3 is 1. The first-order valence-corrected chi connectivity index (χ1v) is 4.78. The highest BCUT2D eigenvalue weighted by Crippen LogP contribution is 2.15. The summed E-state index contributed by atoms with van der Waals surface area (Å²) in [6.45, 7) is 4.07. The Labute approximate surface area is 83.8 Å². The molecule has 3 N–H and O–H groups in total. The summed E-state index contributed by atoms with van der Waals surface area (Å²) < 4.78 is 5.09. The van der Waals surface area contributed by atoms with Gasteiger partial charge in [-0.3, -0.25) is 4.79 Å². The molecule has 1 fully saturated rings. The standard InChI is InChI=1S/C9H18N2O3/c1-7(14-2)4-11-9(3-8(12)13)5-10-6-9/h7,10-11H,3-6H2,1-2H3,(H,12,13). The van der Waals surface area contributed by atoms with Crippen LogP contribution in [0.25, 0.3) is 0 Å². The van der Waals surface area contributed by atoms with Crippen molar-refractivity contribution in [3.8, 4) is 0 Å². The summed E-state index contributed by atoms with van der Waals surface area (Å²) in [6, 6.07) is 0.